The van der Waals surface area contributed by atoms with Gasteiger partial charge in [-0.25, -0.2) is 13.8 Å². The number of hydrogen-bond donors (Lipinski definition) is 1. The molecular formula is C14H18F2N4. The number of nitrogens with zero attached hydrogens (tertiary/aromatic N) is 3. The Morgan fingerprint density at radius 1 is 1.30 bits per heavy atom. The van der Waals surface area contributed by atoms with Gasteiger partial charge in [0.1, 0.15) is 12.2 Å². The lowest BCUT2D eigenvalue weighted by atomic mass is 10.0. The molecule has 2 aromatic rings. The summed E-state index contributed by atoms with van der Waals surface area (Å²) in [6.45, 7) is 5.23. The number of rotatable bonds is 6. The molecule has 1 heterocycles. The first-order chi connectivity index (χ1) is 9.67. The number of benzene rings is 1. The molecular weight excluding hydrogens is 262 g/mol. The Kier molecular flexibility index (Phi) is 4.79. The van der Waals surface area contributed by atoms with Crippen molar-refractivity contribution in [1.82, 2.24) is 20.1 Å². The van der Waals surface area contributed by atoms with Gasteiger partial charge >= 0.3 is 0 Å². The maximum absolute atomic E-state index is 13.9. The van der Waals surface area contributed by atoms with Crippen LogP contribution in [0.15, 0.2) is 24.5 Å². The van der Waals surface area contributed by atoms with E-state index in [-0.39, 0.29) is 6.04 Å². The van der Waals surface area contributed by atoms with Gasteiger partial charge < -0.3 is 5.32 Å². The third kappa shape index (κ3) is 3.01. The number of halogens is 2. The van der Waals surface area contributed by atoms with E-state index in [4.69, 9.17) is 0 Å². The summed E-state index contributed by atoms with van der Waals surface area (Å²) in [6, 6.07) is 3.91. The van der Waals surface area contributed by atoms with Crippen LogP contribution in [0.1, 0.15) is 31.3 Å². The highest BCUT2D eigenvalue weighted by molar-refractivity contribution is 5.23. The molecule has 0 radical (unpaired) electrons. The van der Waals surface area contributed by atoms with E-state index in [1.54, 1.807) is 10.7 Å². The van der Waals surface area contributed by atoms with Gasteiger partial charge in [0.05, 0.1) is 0 Å². The molecule has 1 unspecified atom stereocenters. The molecule has 1 aromatic heterocycles. The SMILES string of the molecule is CCNC(Cc1ncnn1CC)c1cccc(F)c1F. The van der Waals surface area contributed by atoms with Crippen LogP contribution in [0.5, 0.6) is 0 Å². The molecule has 0 saturated carbocycles. The average molecular weight is 280 g/mol. The summed E-state index contributed by atoms with van der Waals surface area (Å²) in [6.07, 6.45) is 1.94. The Morgan fingerprint density at radius 3 is 2.80 bits per heavy atom. The molecule has 0 aliphatic heterocycles. The van der Waals surface area contributed by atoms with Crippen LogP contribution < -0.4 is 5.32 Å². The van der Waals surface area contributed by atoms with Crippen LogP contribution >= 0.6 is 0 Å². The van der Waals surface area contributed by atoms with Gasteiger partial charge in [-0.1, -0.05) is 19.1 Å². The van der Waals surface area contributed by atoms with Crippen molar-refractivity contribution in [3.8, 4) is 0 Å². The van der Waals surface area contributed by atoms with E-state index < -0.39 is 11.6 Å². The fourth-order valence-corrected chi connectivity index (χ4v) is 2.22. The summed E-state index contributed by atoms with van der Waals surface area (Å²) < 4.78 is 29.0. The summed E-state index contributed by atoms with van der Waals surface area (Å²) in [5, 5.41) is 7.26. The minimum Gasteiger partial charge on any atom is -0.310 e. The molecule has 20 heavy (non-hydrogen) atoms. The zero-order valence-electron chi connectivity index (χ0n) is 11.6. The van der Waals surface area contributed by atoms with Crippen molar-refractivity contribution in [1.29, 1.82) is 0 Å². The van der Waals surface area contributed by atoms with E-state index in [1.807, 2.05) is 13.8 Å². The molecule has 0 fully saturated rings. The van der Waals surface area contributed by atoms with E-state index in [2.05, 4.69) is 15.4 Å². The molecule has 1 N–H and O–H groups in total. The van der Waals surface area contributed by atoms with Gasteiger partial charge in [0.2, 0.25) is 0 Å². The van der Waals surface area contributed by atoms with Crippen molar-refractivity contribution < 1.29 is 8.78 Å². The summed E-state index contributed by atoms with van der Waals surface area (Å²) in [5.74, 6) is -0.884. The summed E-state index contributed by atoms with van der Waals surface area (Å²) >= 11 is 0. The van der Waals surface area contributed by atoms with Crippen molar-refractivity contribution in [2.45, 2.75) is 32.9 Å². The minimum absolute atomic E-state index is 0.317. The molecule has 0 bridgehead atoms. The van der Waals surface area contributed by atoms with Crippen LogP contribution in [0.2, 0.25) is 0 Å². The van der Waals surface area contributed by atoms with Crippen LogP contribution in [0.3, 0.4) is 0 Å². The van der Waals surface area contributed by atoms with Crippen LogP contribution in [0.4, 0.5) is 8.78 Å². The highest BCUT2D eigenvalue weighted by Crippen LogP contribution is 2.22. The number of nitrogens with one attached hydrogen (secondary N) is 1. The number of aromatic nitrogens is 3. The van der Waals surface area contributed by atoms with E-state index in [9.17, 15) is 8.78 Å². The quantitative estimate of drug-likeness (QED) is 0.884. The first-order valence-electron chi connectivity index (χ1n) is 6.71. The standard InChI is InChI=1S/C14H18F2N4/c1-3-17-12(8-13-18-9-19-20(13)4-2)10-6-5-7-11(15)14(10)16/h5-7,9,12,17H,3-4,8H2,1-2H3. The van der Waals surface area contributed by atoms with E-state index in [1.165, 1.54) is 12.4 Å². The number of hydrogen-bond acceptors (Lipinski definition) is 3. The number of likely N-dealkylation sites (N-methyl/N-ethyl adjacent to an activating group) is 1. The van der Waals surface area contributed by atoms with Gasteiger partial charge in [-0.3, -0.25) is 4.68 Å². The molecule has 0 aliphatic rings. The fraction of sp³-hybridized carbons (Fsp3) is 0.429. The maximum Gasteiger partial charge on any atom is 0.163 e. The second kappa shape index (κ2) is 6.56. The largest absolute Gasteiger partial charge is 0.310 e. The second-order valence-electron chi connectivity index (χ2n) is 4.45. The van der Waals surface area contributed by atoms with Crippen molar-refractivity contribution >= 4 is 0 Å². The average Bonchev–Trinajstić information content (AvgIpc) is 2.89. The van der Waals surface area contributed by atoms with Gasteiger partial charge in [0.25, 0.3) is 0 Å². The van der Waals surface area contributed by atoms with Crippen LogP contribution in [0.25, 0.3) is 0 Å². The molecule has 0 saturated heterocycles. The summed E-state index contributed by atoms with van der Waals surface area (Å²) in [4.78, 5) is 4.18. The molecule has 0 amide bonds. The third-order valence-electron chi connectivity index (χ3n) is 3.19. The Hall–Kier alpha value is -1.82. The molecule has 0 spiro atoms. The highest BCUT2D eigenvalue weighted by atomic mass is 19.2. The zero-order chi connectivity index (χ0) is 14.5. The Morgan fingerprint density at radius 2 is 2.10 bits per heavy atom. The van der Waals surface area contributed by atoms with Crippen LogP contribution in [-0.4, -0.2) is 21.3 Å². The maximum atomic E-state index is 13.9. The van der Waals surface area contributed by atoms with Crippen molar-refractivity contribution in [3.05, 3.63) is 47.5 Å². The van der Waals surface area contributed by atoms with Gasteiger partial charge in [-0.15, -0.1) is 0 Å². The Labute approximate surface area is 116 Å². The number of aryl methyl sites for hydroxylation is 1. The van der Waals surface area contributed by atoms with Gasteiger partial charge in [0.15, 0.2) is 11.6 Å². The van der Waals surface area contributed by atoms with Gasteiger partial charge in [-0.2, -0.15) is 5.10 Å². The smallest absolute Gasteiger partial charge is 0.163 e. The minimum atomic E-state index is -0.831. The first kappa shape index (κ1) is 14.6. The molecule has 2 rings (SSSR count). The highest BCUT2D eigenvalue weighted by Gasteiger charge is 2.20. The normalized spacial score (nSPS) is 12.6. The molecule has 6 heteroatoms. The molecule has 1 atom stereocenters. The molecule has 108 valence electrons. The zero-order valence-corrected chi connectivity index (χ0v) is 11.6. The predicted octanol–water partition coefficient (Wildman–Crippen LogP) is 2.47. The van der Waals surface area contributed by atoms with E-state index in [0.717, 1.165) is 11.9 Å². The van der Waals surface area contributed by atoms with Crippen molar-refractivity contribution in [3.63, 3.8) is 0 Å². The van der Waals surface area contributed by atoms with Crippen molar-refractivity contribution in [2.24, 2.45) is 0 Å². The molecule has 0 aliphatic carbocycles. The Balaban J connectivity index is 2.29. The Bertz CT molecular complexity index is 568. The van der Waals surface area contributed by atoms with Gasteiger partial charge in [0, 0.05) is 24.6 Å². The fourth-order valence-electron chi connectivity index (χ4n) is 2.22. The molecule has 4 nitrogen and oxygen atoms in total. The molecule has 1 aromatic carbocycles. The lowest BCUT2D eigenvalue weighted by Crippen LogP contribution is -2.25. The predicted molar refractivity (Wildman–Crippen MR) is 72.2 cm³/mol. The topological polar surface area (TPSA) is 42.7 Å². The lowest BCUT2D eigenvalue weighted by molar-refractivity contribution is 0.454. The van der Waals surface area contributed by atoms with Gasteiger partial charge in [-0.05, 0) is 19.5 Å². The van der Waals surface area contributed by atoms with E-state index in [0.29, 0.717) is 25.1 Å². The monoisotopic (exact) mass is 280 g/mol. The van der Waals surface area contributed by atoms with Crippen molar-refractivity contribution in [2.75, 3.05) is 6.54 Å². The second-order valence-corrected chi connectivity index (χ2v) is 4.45. The first-order valence-corrected chi connectivity index (χ1v) is 6.71. The van der Waals surface area contributed by atoms with E-state index >= 15 is 0 Å². The summed E-state index contributed by atoms with van der Waals surface area (Å²) in [7, 11) is 0. The van der Waals surface area contributed by atoms with Crippen LogP contribution in [-0.2, 0) is 13.0 Å². The van der Waals surface area contributed by atoms with Crippen LogP contribution in [0, 0.1) is 11.6 Å². The summed E-state index contributed by atoms with van der Waals surface area (Å²) in [5.41, 5.74) is 0.317. The lowest BCUT2D eigenvalue weighted by Gasteiger charge is -2.19. The third-order valence-corrected chi connectivity index (χ3v) is 3.19.